The van der Waals surface area contributed by atoms with Crippen molar-refractivity contribution in [1.29, 1.82) is 0 Å². The molecule has 2 rings (SSSR count). The van der Waals surface area contributed by atoms with Crippen molar-refractivity contribution in [1.82, 2.24) is 20.3 Å². The van der Waals surface area contributed by atoms with Gasteiger partial charge in [0.2, 0.25) is 0 Å². The van der Waals surface area contributed by atoms with E-state index in [1.807, 2.05) is 24.3 Å². The first-order valence-corrected chi connectivity index (χ1v) is 7.50. The second-order valence-electron chi connectivity index (χ2n) is 5.09. The zero-order valence-corrected chi connectivity index (χ0v) is 13.7. The van der Waals surface area contributed by atoms with Gasteiger partial charge >= 0.3 is 5.97 Å². The average Bonchev–Trinajstić information content (AvgIpc) is 3.07. The predicted octanol–water partition coefficient (Wildman–Crippen LogP) is 1.02. The van der Waals surface area contributed by atoms with Gasteiger partial charge in [-0.2, -0.15) is 0 Å². The van der Waals surface area contributed by atoms with Crippen molar-refractivity contribution in [2.45, 2.75) is 19.4 Å². The molecule has 1 aromatic carbocycles. The fraction of sp³-hybridized carbons (Fsp3) is 0.375. The Labute approximate surface area is 139 Å². The number of hydrogen-bond donors (Lipinski definition) is 1. The number of benzene rings is 1. The first-order valence-electron chi connectivity index (χ1n) is 7.50. The van der Waals surface area contributed by atoms with Crippen LogP contribution < -0.4 is 10.1 Å². The highest BCUT2D eigenvalue weighted by atomic mass is 16.5. The van der Waals surface area contributed by atoms with Crippen molar-refractivity contribution in [2.75, 3.05) is 20.8 Å². The number of ether oxygens (including phenoxy) is 2. The first kappa shape index (κ1) is 17.5. The lowest BCUT2D eigenvalue weighted by Crippen LogP contribution is -2.25. The van der Waals surface area contributed by atoms with Crippen molar-refractivity contribution in [2.24, 2.45) is 0 Å². The Hall–Kier alpha value is -2.90. The van der Waals surface area contributed by atoms with Gasteiger partial charge in [0, 0.05) is 13.0 Å². The van der Waals surface area contributed by atoms with Gasteiger partial charge in [0.25, 0.3) is 5.91 Å². The number of nitrogens with one attached hydrogen (secondary N) is 1. The summed E-state index contributed by atoms with van der Waals surface area (Å²) in [5, 5.41) is 10.5. The summed E-state index contributed by atoms with van der Waals surface area (Å²) < 4.78 is 11.2. The van der Waals surface area contributed by atoms with E-state index in [4.69, 9.17) is 4.74 Å². The third-order valence-electron chi connectivity index (χ3n) is 3.35. The summed E-state index contributed by atoms with van der Waals surface area (Å²) in [7, 11) is 2.95. The minimum Gasteiger partial charge on any atom is -0.497 e. The second kappa shape index (κ2) is 8.66. The third-order valence-corrected chi connectivity index (χ3v) is 3.35. The fourth-order valence-corrected chi connectivity index (χ4v) is 2.02. The molecule has 0 aliphatic heterocycles. The van der Waals surface area contributed by atoms with Crippen LogP contribution >= 0.6 is 0 Å². The predicted molar refractivity (Wildman–Crippen MR) is 85.7 cm³/mol. The van der Waals surface area contributed by atoms with E-state index in [-0.39, 0.29) is 24.0 Å². The molecule has 0 aliphatic rings. The number of aromatic nitrogens is 3. The largest absolute Gasteiger partial charge is 0.497 e. The molecule has 0 bridgehead atoms. The van der Waals surface area contributed by atoms with Crippen molar-refractivity contribution in [3.63, 3.8) is 0 Å². The molecular formula is C16H20N4O4. The molecule has 0 unspecified atom stereocenters. The molecule has 0 atom stereocenters. The lowest BCUT2D eigenvalue weighted by Gasteiger charge is -2.03. The number of nitrogens with zero attached hydrogens (tertiary/aromatic N) is 3. The summed E-state index contributed by atoms with van der Waals surface area (Å²) in [6.07, 6.45) is 2.36. The van der Waals surface area contributed by atoms with E-state index in [0.29, 0.717) is 19.5 Å². The highest BCUT2D eigenvalue weighted by molar-refractivity contribution is 5.91. The summed E-state index contributed by atoms with van der Waals surface area (Å²) in [4.78, 5) is 22.9. The van der Waals surface area contributed by atoms with Crippen LogP contribution in [0.4, 0.5) is 0 Å². The molecule has 8 heteroatoms. The van der Waals surface area contributed by atoms with Crippen LogP contribution in [0.15, 0.2) is 30.5 Å². The summed E-state index contributed by atoms with van der Waals surface area (Å²) >= 11 is 0. The van der Waals surface area contributed by atoms with Gasteiger partial charge in [0.1, 0.15) is 5.75 Å². The van der Waals surface area contributed by atoms with Gasteiger partial charge in [-0.15, -0.1) is 5.10 Å². The summed E-state index contributed by atoms with van der Waals surface area (Å²) in [5.74, 6) is 0.167. The Morgan fingerprint density at radius 2 is 1.96 bits per heavy atom. The quantitative estimate of drug-likeness (QED) is 0.573. The highest BCUT2D eigenvalue weighted by Crippen LogP contribution is 2.12. The van der Waals surface area contributed by atoms with Crippen LogP contribution in [0.3, 0.4) is 0 Å². The Morgan fingerprint density at radius 3 is 2.62 bits per heavy atom. The van der Waals surface area contributed by atoms with E-state index in [1.165, 1.54) is 7.11 Å². The molecular weight excluding hydrogens is 312 g/mol. The van der Waals surface area contributed by atoms with E-state index < -0.39 is 0 Å². The van der Waals surface area contributed by atoms with Crippen LogP contribution in [0, 0.1) is 0 Å². The number of carbonyl (C=O) groups is 2. The Kier molecular flexibility index (Phi) is 6.30. The zero-order chi connectivity index (χ0) is 17.4. The standard InChI is InChI=1S/C16H20N4O4/c1-23-13-7-5-12(6-8-13)10-20-11-14(18-19-20)16(22)17-9-3-4-15(21)24-2/h5-8,11H,3-4,9-10H2,1-2H3,(H,17,22). The Bertz CT molecular complexity index is 682. The van der Waals surface area contributed by atoms with Crippen LogP contribution in [-0.2, 0) is 16.1 Å². The molecule has 1 amide bonds. The minimum absolute atomic E-state index is 0.238. The van der Waals surface area contributed by atoms with Gasteiger partial charge in [0.15, 0.2) is 5.69 Å². The molecule has 24 heavy (non-hydrogen) atoms. The highest BCUT2D eigenvalue weighted by Gasteiger charge is 2.11. The van der Waals surface area contributed by atoms with Crippen LogP contribution in [-0.4, -0.2) is 47.6 Å². The van der Waals surface area contributed by atoms with Crippen LogP contribution in [0.5, 0.6) is 5.75 Å². The molecule has 1 aromatic heterocycles. The lowest BCUT2D eigenvalue weighted by atomic mass is 10.2. The molecule has 0 saturated carbocycles. The second-order valence-corrected chi connectivity index (χ2v) is 5.09. The molecule has 0 spiro atoms. The van der Waals surface area contributed by atoms with Crippen LogP contribution in [0.2, 0.25) is 0 Å². The molecule has 1 heterocycles. The number of hydrogen-bond acceptors (Lipinski definition) is 6. The molecule has 0 aliphatic carbocycles. The van der Waals surface area contributed by atoms with Gasteiger partial charge in [-0.25, -0.2) is 4.68 Å². The summed E-state index contributed by atoms with van der Waals surface area (Å²) in [6, 6.07) is 7.57. The number of methoxy groups -OCH3 is 2. The topological polar surface area (TPSA) is 95.3 Å². The van der Waals surface area contributed by atoms with Crippen LogP contribution in [0.1, 0.15) is 28.9 Å². The van der Waals surface area contributed by atoms with E-state index in [1.54, 1.807) is 18.0 Å². The molecule has 128 valence electrons. The summed E-state index contributed by atoms with van der Waals surface area (Å²) in [6.45, 7) is 0.881. The number of rotatable bonds is 8. The third kappa shape index (κ3) is 5.08. The monoisotopic (exact) mass is 332 g/mol. The average molecular weight is 332 g/mol. The summed E-state index contributed by atoms with van der Waals surface area (Å²) in [5.41, 5.74) is 1.26. The van der Waals surface area contributed by atoms with E-state index in [2.05, 4.69) is 20.4 Å². The molecule has 0 fully saturated rings. The normalized spacial score (nSPS) is 10.2. The Balaban J connectivity index is 1.83. The van der Waals surface area contributed by atoms with Gasteiger partial charge < -0.3 is 14.8 Å². The smallest absolute Gasteiger partial charge is 0.305 e. The maximum atomic E-state index is 11.9. The first-order chi connectivity index (χ1) is 11.6. The molecule has 0 radical (unpaired) electrons. The maximum absolute atomic E-state index is 11.9. The number of esters is 1. The fourth-order valence-electron chi connectivity index (χ4n) is 2.02. The van der Waals surface area contributed by atoms with Crippen molar-refractivity contribution in [3.05, 3.63) is 41.7 Å². The Morgan fingerprint density at radius 1 is 1.21 bits per heavy atom. The zero-order valence-electron chi connectivity index (χ0n) is 13.7. The number of amides is 1. The van der Waals surface area contributed by atoms with E-state index in [9.17, 15) is 9.59 Å². The van der Waals surface area contributed by atoms with Gasteiger partial charge in [-0.1, -0.05) is 17.3 Å². The van der Waals surface area contributed by atoms with Gasteiger partial charge in [-0.05, 0) is 24.1 Å². The van der Waals surface area contributed by atoms with Crippen molar-refractivity contribution >= 4 is 11.9 Å². The van der Waals surface area contributed by atoms with Gasteiger partial charge in [-0.3, -0.25) is 9.59 Å². The maximum Gasteiger partial charge on any atom is 0.305 e. The van der Waals surface area contributed by atoms with E-state index in [0.717, 1.165) is 11.3 Å². The minimum atomic E-state index is -0.319. The molecule has 8 nitrogen and oxygen atoms in total. The molecule has 0 saturated heterocycles. The number of carbonyl (C=O) groups excluding carboxylic acids is 2. The SMILES string of the molecule is COC(=O)CCCNC(=O)c1cn(Cc2ccc(OC)cc2)nn1. The lowest BCUT2D eigenvalue weighted by molar-refractivity contribution is -0.140. The molecule has 2 aromatic rings. The van der Waals surface area contributed by atoms with Crippen molar-refractivity contribution < 1.29 is 19.1 Å². The van der Waals surface area contributed by atoms with Crippen LogP contribution in [0.25, 0.3) is 0 Å². The van der Waals surface area contributed by atoms with E-state index >= 15 is 0 Å². The van der Waals surface area contributed by atoms with Crippen molar-refractivity contribution in [3.8, 4) is 5.75 Å². The van der Waals surface area contributed by atoms with Gasteiger partial charge in [0.05, 0.1) is 27.0 Å². The molecule has 1 N–H and O–H groups in total.